The number of aromatic nitrogens is 5. The third kappa shape index (κ3) is 8.11. The van der Waals surface area contributed by atoms with E-state index in [1.807, 2.05) is 77.5 Å². The summed E-state index contributed by atoms with van der Waals surface area (Å²) in [7, 11) is 0. The number of imidazole rings is 2. The molecule has 1 radical (unpaired) electrons. The Morgan fingerprint density at radius 3 is 2.07 bits per heavy atom. The van der Waals surface area contributed by atoms with E-state index >= 15 is 0 Å². The van der Waals surface area contributed by atoms with Crippen LogP contribution in [0.15, 0.2) is 162 Å². The molecule has 0 atom stereocenters. The number of aryl methyl sites for hydroxylation is 2. The zero-order valence-corrected chi connectivity index (χ0v) is 42.5. The van der Waals surface area contributed by atoms with E-state index in [-0.39, 0.29) is 48.4 Å². The van der Waals surface area contributed by atoms with Gasteiger partial charge in [-0.3, -0.25) is 4.98 Å². The Labute approximate surface area is 431 Å². The molecule has 349 valence electrons. The fourth-order valence-electron chi connectivity index (χ4n) is 9.73. The normalized spacial score (nSPS) is 13.6. The molecule has 12 rings (SSSR count). The Kier molecular flexibility index (Phi) is 10.4. The number of rotatable bonds is 6. The van der Waals surface area contributed by atoms with Gasteiger partial charge in [0.2, 0.25) is 0 Å². The van der Waals surface area contributed by atoms with Crippen LogP contribution in [0, 0.1) is 19.0 Å². The number of benzene rings is 8. The van der Waals surface area contributed by atoms with Crippen molar-refractivity contribution in [1.82, 2.24) is 24.1 Å². The molecular weight excluding hydrogens is 1030 g/mol. The smallest absolute Gasteiger partial charge is 0.121 e. The summed E-state index contributed by atoms with van der Waals surface area (Å²) in [5, 5.41) is 6.28. The maximum atomic E-state index is 8.69. The molecule has 70 heavy (non-hydrogen) atoms. The Bertz CT molecular complexity index is 4120. The maximum Gasteiger partial charge on any atom is 0.121 e. The van der Waals surface area contributed by atoms with Crippen molar-refractivity contribution in [3.63, 3.8) is 0 Å². The largest absolute Gasteiger partial charge is 0.501 e. The monoisotopic (exact) mass is 1100 g/mol. The second-order valence-corrected chi connectivity index (χ2v) is 19.5. The van der Waals surface area contributed by atoms with Gasteiger partial charge < -0.3 is 18.5 Å². The van der Waals surface area contributed by atoms with E-state index in [9.17, 15) is 0 Å². The molecule has 6 nitrogen and oxygen atoms in total. The summed E-state index contributed by atoms with van der Waals surface area (Å²) in [6.07, 6.45) is 1.87. The summed E-state index contributed by atoms with van der Waals surface area (Å²) in [6.45, 7) is 9.52. The molecule has 7 heteroatoms. The molecule has 0 saturated carbocycles. The fourth-order valence-corrected chi connectivity index (χ4v) is 9.73. The van der Waals surface area contributed by atoms with Crippen molar-refractivity contribution in [2.45, 2.75) is 72.6 Å². The SMILES string of the molecule is CC(C)(C)c1ccnc(-c2[c-]cccc2)c1.[2H]C([2H])([2H])c1nc2ccc3nc(-c4[c-]ccc5c4oc4cc6c(ccc7ccccc76)cc45)n(-c4c(C(C)C)cc(-c5ccccc5)cc4C(C)C)c3c2n1C([2H])([2H])[2H].[Ir]. The number of hydrogen-bond acceptors (Lipinski definition) is 4. The van der Waals surface area contributed by atoms with Crippen LogP contribution in [0.4, 0.5) is 0 Å². The van der Waals surface area contributed by atoms with Gasteiger partial charge in [0.15, 0.2) is 0 Å². The summed E-state index contributed by atoms with van der Waals surface area (Å²) >= 11 is 0. The summed E-state index contributed by atoms with van der Waals surface area (Å²) in [5.74, 6) is -0.00622. The zero-order valence-electron chi connectivity index (χ0n) is 46.1. The zero-order chi connectivity index (χ0) is 52.7. The van der Waals surface area contributed by atoms with Crippen LogP contribution in [-0.4, -0.2) is 24.1 Å². The van der Waals surface area contributed by atoms with E-state index in [1.165, 1.54) is 5.56 Å². The van der Waals surface area contributed by atoms with E-state index in [0.717, 1.165) is 81.7 Å². The van der Waals surface area contributed by atoms with Crippen LogP contribution in [-0.2, 0) is 32.5 Å². The Hall–Kier alpha value is -7.18. The molecule has 0 aliphatic carbocycles. The van der Waals surface area contributed by atoms with Crippen molar-refractivity contribution in [3.8, 4) is 39.5 Å². The number of nitrogens with zero attached hydrogens (tertiary/aromatic N) is 5. The first kappa shape index (κ1) is 39.6. The van der Waals surface area contributed by atoms with Gasteiger partial charge in [-0.2, -0.15) is 0 Å². The van der Waals surface area contributed by atoms with Gasteiger partial charge in [0.1, 0.15) is 11.4 Å². The minimum atomic E-state index is -2.88. The Morgan fingerprint density at radius 1 is 0.629 bits per heavy atom. The third-order valence-corrected chi connectivity index (χ3v) is 13.3. The van der Waals surface area contributed by atoms with Crippen molar-refractivity contribution < 1.29 is 32.7 Å². The van der Waals surface area contributed by atoms with Crippen molar-refractivity contribution >= 4 is 65.6 Å². The van der Waals surface area contributed by atoms with Gasteiger partial charge >= 0.3 is 0 Å². The molecule has 0 fully saturated rings. The average Bonchev–Trinajstić information content (AvgIpc) is 4.29. The van der Waals surface area contributed by atoms with Crippen LogP contribution < -0.4 is 0 Å². The summed E-state index contributed by atoms with van der Waals surface area (Å²) in [4.78, 5) is 14.2. The van der Waals surface area contributed by atoms with Crippen LogP contribution in [0.1, 0.15) is 91.0 Å². The predicted octanol–water partition coefficient (Wildman–Crippen LogP) is 16.7. The van der Waals surface area contributed by atoms with Crippen LogP contribution in [0.3, 0.4) is 0 Å². The topological polar surface area (TPSA) is 61.7 Å². The second-order valence-electron chi connectivity index (χ2n) is 19.5. The van der Waals surface area contributed by atoms with Crippen LogP contribution in [0.2, 0.25) is 0 Å². The molecule has 0 N–H and O–H groups in total. The first-order valence-electron chi connectivity index (χ1n) is 26.6. The first-order valence-corrected chi connectivity index (χ1v) is 23.6. The average molecular weight is 1100 g/mol. The van der Waals surface area contributed by atoms with E-state index in [1.54, 1.807) is 12.1 Å². The van der Waals surface area contributed by atoms with E-state index in [2.05, 4.69) is 143 Å². The molecule has 4 heterocycles. The third-order valence-electron chi connectivity index (χ3n) is 13.3. The minimum absolute atomic E-state index is 0. The molecule has 0 unspecified atom stereocenters. The van der Waals surface area contributed by atoms with E-state index in [4.69, 9.17) is 17.6 Å². The number of fused-ring (bicyclic) bond motifs is 9. The molecule has 0 aliphatic rings. The van der Waals surface area contributed by atoms with Gasteiger partial charge in [0.25, 0.3) is 0 Å². The number of pyridine rings is 1. The van der Waals surface area contributed by atoms with Gasteiger partial charge in [-0.25, -0.2) is 4.98 Å². The second kappa shape index (κ2) is 18.3. The van der Waals surface area contributed by atoms with E-state index in [0.29, 0.717) is 28.0 Å². The van der Waals surface area contributed by atoms with Gasteiger partial charge in [-0.1, -0.05) is 132 Å². The number of furan rings is 1. The van der Waals surface area contributed by atoms with Crippen molar-refractivity contribution in [2.24, 2.45) is 6.98 Å². The Morgan fingerprint density at radius 2 is 1.36 bits per heavy atom. The minimum Gasteiger partial charge on any atom is -0.501 e. The van der Waals surface area contributed by atoms with Crippen LogP contribution in [0.5, 0.6) is 0 Å². The molecule has 0 bridgehead atoms. The van der Waals surface area contributed by atoms with E-state index < -0.39 is 19.7 Å². The van der Waals surface area contributed by atoms with Crippen molar-refractivity contribution in [3.05, 3.63) is 193 Å². The van der Waals surface area contributed by atoms with Gasteiger partial charge in [-0.15, -0.1) is 54.1 Å². The van der Waals surface area contributed by atoms with Crippen molar-refractivity contribution in [1.29, 1.82) is 0 Å². The molecule has 0 spiro atoms. The van der Waals surface area contributed by atoms with Crippen LogP contribution in [0.25, 0.3) is 105 Å². The van der Waals surface area contributed by atoms with Crippen molar-refractivity contribution in [2.75, 3.05) is 0 Å². The molecule has 0 aliphatic heterocycles. The molecular formula is C63H55IrN5O-2. The molecule has 0 amide bonds. The molecule has 8 aromatic carbocycles. The van der Waals surface area contributed by atoms with Gasteiger partial charge in [-0.05, 0) is 122 Å². The fraction of sp³-hybridized carbons (Fsp3) is 0.190. The quantitative estimate of drug-likeness (QED) is 0.123. The maximum absolute atomic E-state index is 8.69. The molecule has 4 aromatic heterocycles. The standard InChI is InChI=1S/C48H39N4O.C15H16N.Ir/c1-27(2)37-24-33(30-13-8-7-9-14-30)25-38(28(3)4)44(37)52-46-42(22-21-41-45(46)51(6)29(5)49-41)50-48(52)36-18-12-17-35-40-23-32-20-19-31-15-10-11-16-34(31)39(32)26-43(40)53-47(35)36;1-15(2,3)13-9-10-16-14(11-13)12-7-5-4-6-8-12;/h7-17,19-28H,1-6H3;4-7,9-11H,1-3H3;/q2*-1;/i5D3,6D3;;. The summed E-state index contributed by atoms with van der Waals surface area (Å²) < 4.78 is 61.0. The predicted molar refractivity (Wildman–Crippen MR) is 287 cm³/mol. The molecule has 0 saturated heterocycles. The molecule has 12 aromatic rings. The summed E-state index contributed by atoms with van der Waals surface area (Å²) in [5.41, 5.74) is 11.7. The first-order chi connectivity index (χ1) is 35.8. The Balaban J connectivity index is 0.000000331. The van der Waals surface area contributed by atoms with Gasteiger partial charge in [0.05, 0.1) is 33.5 Å². The summed E-state index contributed by atoms with van der Waals surface area (Å²) in [6, 6.07) is 57.7. The van der Waals surface area contributed by atoms with Gasteiger partial charge in [0, 0.05) is 52.6 Å². The number of hydrogen-bond donors (Lipinski definition) is 0. The van der Waals surface area contributed by atoms with Crippen LogP contribution >= 0.6 is 0 Å².